The Balaban J connectivity index is 1.64. The molecule has 0 radical (unpaired) electrons. The second kappa shape index (κ2) is 8.22. The summed E-state index contributed by atoms with van der Waals surface area (Å²) in [4.78, 5) is 35.4. The molecule has 160 valence electrons. The molecule has 0 aliphatic rings. The van der Waals surface area contributed by atoms with E-state index in [2.05, 4.69) is 25.4 Å². The van der Waals surface area contributed by atoms with Gasteiger partial charge in [0.15, 0.2) is 0 Å². The molecular weight excluding hydrogens is 392 g/mol. The Morgan fingerprint density at radius 2 is 1.97 bits per heavy atom. The van der Waals surface area contributed by atoms with E-state index in [0.29, 0.717) is 17.9 Å². The lowest BCUT2D eigenvalue weighted by Gasteiger charge is -2.19. The van der Waals surface area contributed by atoms with Crippen molar-refractivity contribution in [2.45, 2.75) is 46.7 Å². The number of amides is 1. The van der Waals surface area contributed by atoms with Crippen LogP contribution in [-0.2, 0) is 17.8 Å². The summed E-state index contributed by atoms with van der Waals surface area (Å²) in [5, 5.41) is 8.60. The zero-order valence-corrected chi connectivity index (χ0v) is 18.1. The lowest BCUT2D eigenvalue weighted by Crippen LogP contribution is -2.34. The van der Waals surface area contributed by atoms with Gasteiger partial charge in [-0.3, -0.25) is 14.3 Å². The largest absolute Gasteiger partial charge is 0.361 e. The van der Waals surface area contributed by atoms with Gasteiger partial charge in [-0.05, 0) is 44.9 Å². The summed E-state index contributed by atoms with van der Waals surface area (Å²) in [6, 6.07) is 8.99. The van der Waals surface area contributed by atoms with Gasteiger partial charge in [0.05, 0.1) is 17.4 Å². The monoisotopic (exact) mass is 418 g/mol. The van der Waals surface area contributed by atoms with Crippen LogP contribution in [0.1, 0.15) is 40.1 Å². The molecule has 3 N–H and O–H groups in total. The fraction of sp³-hybridized carbons (Fsp3) is 0.304. The molecule has 0 saturated heterocycles. The zero-order valence-electron chi connectivity index (χ0n) is 18.1. The summed E-state index contributed by atoms with van der Waals surface area (Å²) >= 11 is 0. The maximum absolute atomic E-state index is 12.9. The van der Waals surface area contributed by atoms with E-state index in [1.807, 2.05) is 51.2 Å². The SMILES string of the molecule is Cc1nc([C@@H](Cc2c[nH]c3ccccc23)NC(=O)Cn2nc(C)c(C)c2C)cc(=O)[nH]1. The first-order valence-electron chi connectivity index (χ1n) is 10.2. The van der Waals surface area contributed by atoms with E-state index in [4.69, 9.17) is 0 Å². The van der Waals surface area contributed by atoms with Crippen LogP contribution in [0.3, 0.4) is 0 Å². The maximum Gasteiger partial charge on any atom is 0.251 e. The Bertz CT molecular complexity index is 1310. The van der Waals surface area contributed by atoms with Gasteiger partial charge in [0, 0.05) is 35.3 Å². The summed E-state index contributed by atoms with van der Waals surface area (Å²) in [6.45, 7) is 7.71. The summed E-state index contributed by atoms with van der Waals surface area (Å²) in [5.74, 6) is 0.324. The molecule has 3 heterocycles. The van der Waals surface area contributed by atoms with Crippen LogP contribution in [0.5, 0.6) is 0 Å². The number of nitrogens with zero attached hydrogens (tertiary/aromatic N) is 3. The van der Waals surface area contributed by atoms with Crippen LogP contribution in [0.2, 0.25) is 0 Å². The van der Waals surface area contributed by atoms with Crippen molar-refractivity contribution in [1.29, 1.82) is 0 Å². The van der Waals surface area contributed by atoms with Gasteiger partial charge in [-0.2, -0.15) is 5.10 Å². The van der Waals surface area contributed by atoms with Crippen molar-refractivity contribution >= 4 is 16.8 Å². The van der Waals surface area contributed by atoms with Crippen molar-refractivity contribution < 1.29 is 4.79 Å². The van der Waals surface area contributed by atoms with Crippen LogP contribution in [-0.4, -0.2) is 30.6 Å². The van der Waals surface area contributed by atoms with Crippen molar-refractivity contribution in [3.63, 3.8) is 0 Å². The minimum absolute atomic E-state index is 0.104. The van der Waals surface area contributed by atoms with Crippen molar-refractivity contribution in [3.8, 4) is 0 Å². The Morgan fingerprint density at radius 1 is 1.19 bits per heavy atom. The van der Waals surface area contributed by atoms with Gasteiger partial charge in [0.1, 0.15) is 12.4 Å². The number of benzene rings is 1. The number of hydrogen-bond donors (Lipinski definition) is 3. The molecular formula is C23H26N6O2. The van der Waals surface area contributed by atoms with E-state index in [1.54, 1.807) is 11.6 Å². The maximum atomic E-state index is 12.9. The first-order valence-corrected chi connectivity index (χ1v) is 10.2. The molecule has 4 rings (SSSR count). The van der Waals surface area contributed by atoms with Gasteiger partial charge >= 0.3 is 0 Å². The molecule has 0 aliphatic heterocycles. The fourth-order valence-electron chi connectivity index (χ4n) is 3.85. The number of rotatable bonds is 6. The van der Waals surface area contributed by atoms with E-state index in [-0.39, 0.29) is 18.0 Å². The number of fused-ring (bicyclic) bond motifs is 1. The number of carbonyl (C=O) groups is 1. The predicted octanol–water partition coefficient (Wildman–Crippen LogP) is 2.78. The van der Waals surface area contributed by atoms with Crippen LogP contribution in [0.15, 0.2) is 41.3 Å². The minimum atomic E-state index is -0.453. The van der Waals surface area contributed by atoms with Gasteiger partial charge in [-0.25, -0.2) is 4.98 Å². The van der Waals surface area contributed by atoms with Gasteiger partial charge < -0.3 is 15.3 Å². The summed E-state index contributed by atoms with van der Waals surface area (Å²) in [6.07, 6.45) is 2.44. The minimum Gasteiger partial charge on any atom is -0.361 e. The van der Waals surface area contributed by atoms with E-state index in [9.17, 15) is 9.59 Å². The molecule has 0 spiro atoms. The zero-order chi connectivity index (χ0) is 22.1. The van der Waals surface area contributed by atoms with Gasteiger partial charge in [0.2, 0.25) is 5.91 Å². The molecule has 1 atom stereocenters. The average Bonchev–Trinajstić information content (AvgIpc) is 3.23. The lowest BCUT2D eigenvalue weighted by atomic mass is 10.0. The third-order valence-electron chi connectivity index (χ3n) is 5.71. The van der Waals surface area contributed by atoms with Crippen molar-refractivity contribution in [2.24, 2.45) is 0 Å². The molecule has 0 fully saturated rings. The summed E-state index contributed by atoms with van der Waals surface area (Å²) < 4.78 is 1.71. The Labute approximate surface area is 179 Å². The molecule has 4 aromatic rings. The molecule has 8 heteroatoms. The van der Waals surface area contributed by atoms with Crippen molar-refractivity contribution in [1.82, 2.24) is 30.0 Å². The number of nitrogens with one attached hydrogen (secondary N) is 3. The normalized spacial score (nSPS) is 12.3. The molecule has 1 aromatic carbocycles. The molecule has 0 unspecified atom stereocenters. The fourth-order valence-corrected chi connectivity index (χ4v) is 3.85. The number of hydrogen-bond acceptors (Lipinski definition) is 4. The van der Waals surface area contributed by atoms with Crippen LogP contribution >= 0.6 is 0 Å². The van der Waals surface area contributed by atoms with Crippen molar-refractivity contribution in [2.75, 3.05) is 0 Å². The standard InChI is InChI=1S/C23H26N6O2/c1-13-14(2)28-29(15(13)3)12-23(31)27-20(21-10-22(30)26-16(4)25-21)9-17-11-24-19-8-6-5-7-18(17)19/h5-8,10-11,20,24H,9,12H2,1-4H3,(H,27,31)(H,25,26,30)/t20-/m1/s1. The molecule has 0 bridgehead atoms. The Hall–Kier alpha value is -3.68. The highest BCUT2D eigenvalue weighted by molar-refractivity contribution is 5.83. The number of para-hydroxylation sites is 1. The first-order chi connectivity index (χ1) is 14.8. The van der Waals surface area contributed by atoms with Crippen molar-refractivity contribution in [3.05, 3.63) is 80.9 Å². The molecule has 31 heavy (non-hydrogen) atoms. The third kappa shape index (κ3) is 4.28. The van der Waals surface area contributed by atoms with Crippen LogP contribution < -0.4 is 10.9 Å². The number of aromatic amines is 2. The second-order valence-electron chi connectivity index (χ2n) is 7.89. The Kier molecular flexibility index (Phi) is 5.46. The van der Waals surface area contributed by atoms with E-state index >= 15 is 0 Å². The van der Waals surface area contributed by atoms with Crippen LogP contribution in [0.4, 0.5) is 0 Å². The number of aromatic nitrogens is 5. The quantitative estimate of drug-likeness (QED) is 0.447. The van der Waals surface area contributed by atoms with Gasteiger partial charge in [-0.15, -0.1) is 0 Å². The highest BCUT2D eigenvalue weighted by atomic mass is 16.2. The smallest absolute Gasteiger partial charge is 0.251 e. The van der Waals surface area contributed by atoms with E-state index in [0.717, 1.165) is 33.4 Å². The number of aryl methyl sites for hydroxylation is 2. The number of carbonyl (C=O) groups excluding carboxylic acids is 1. The molecule has 0 saturated carbocycles. The Morgan fingerprint density at radius 3 is 2.68 bits per heavy atom. The number of H-pyrrole nitrogens is 2. The topological polar surface area (TPSA) is 108 Å². The molecule has 0 aliphatic carbocycles. The summed E-state index contributed by atoms with van der Waals surface area (Å²) in [5.41, 5.74) is 5.31. The highest BCUT2D eigenvalue weighted by Gasteiger charge is 2.21. The third-order valence-corrected chi connectivity index (χ3v) is 5.71. The van der Waals surface area contributed by atoms with Gasteiger partial charge in [0.25, 0.3) is 5.56 Å². The highest BCUT2D eigenvalue weighted by Crippen LogP contribution is 2.23. The van der Waals surface area contributed by atoms with Crippen LogP contribution in [0, 0.1) is 27.7 Å². The molecule has 1 amide bonds. The van der Waals surface area contributed by atoms with E-state index in [1.165, 1.54) is 6.07 Å². The van der Waals surface area contributed by atoms with Crippen LogP contribution in [0.25, 0.3) is 10.9 Å². The van der Waals surface area contributed by atoms with Gasteiger partial charge in [-0.1, -0.05) is 18.2 Å². The first kappa shape index (κ1) is 20.6. The molecule has 3 aromatic heterocycles. The lowest BCUT2D eigenvalue weighted by molar-refractivity contribution is -0.122. The molecule has 8 nitrogen and oxygen atoms in total. The predicted molar refractivity (Wildman–Crippen MR) is 119 cm³/mol. The summed E-state index contributed by atoms with van der Waals surface area (Å²) in [7, 11) is 0. The average molecular weight is 419 g/mol. The second-order valence-corrected chi connectivity index (χ2v) is 7.89. The van der Waals surface area contributed by atoms with E-state index < -0.39 is 6.04 Å².